The second kappa shape index (κ2) is 18.0. The second-order valence-corrected chi connectivity index (χ2v) is 17.2. The molecule has 16 heteroatoms. The van der Waals surface area contributed by atoms with Crippen molar-refractivity contribution in [3.05, 3.63) is 44.8 Å². The van der Waals surface area contributed by atoms with Gasteiger partial charge < -0.3 is 49.5 Å². The van der Waals surface area contributed by atoms with Crippen LogP contribution in [0, 0.1) is 23.7 Å². The summed E-state index contributed by atoms with van der Waals surface area (Å²) >= 11 is 2.43. The largest absolute Gasteiger partial charge is 0.459 e. The minimum Gasteiger partial charge on any atom is -0.459 e. The highest BCUT2D eigenvalue weighted by molar-refractivity contribution is 7.12. The van der Waals surface area contributed by atoms with Crippen molar-refractivity contribution in [1.29, 1.82) is 0 Å². The Hall–Kier alpha value is -2.80. The molecule has 0 aliphatic carbocycles. The number of aliphatic hydroxyl groups excluding tert-OH is 3. The number of thiophene rings is 2. The number of cyclic esters (lactones) is 1. The normalized spacial score (nSPS) is 39.4. The zero-order valence-electron chi connectivity index (χ0n) is 32.3. The van der Waals surface area contributed by atoms with Crippen LogP contribution in [0.2, 0.25) is 0 Å². The maximum Gasteiger partial charge on any atom is 0.375 e. The van der Waals surface area contributed by atoms with E-state index in [1.807, 2.05) is 0 Å². The van der Waals surface area contributed by atoms with Gasteiger partial charge in [0.15, 0.2) is 6.29 Å². The number of carbonyl (C=O) groups is 3. The summed E-state index contributed by atoms with van der Waals surface area (Å²) in [7, 11) is 1.59. The van der Waals surface area contributed by atoms with Crippen LogP contribution in [0.4, 0.5) is 0 Å². The van der Waals surface area contributed by atoms with E-state index in [1.54, 1.807) is 76.7 Å². The molecule has 1 amide bonds. The van der Waals surface area contributed by atoms with Crippen LogP contribution >= 0.6 is 22.7 Å². The standard InChI is InChI=1S/C38H56N2O12S2/c1-10-27-38(8,48)31(43)21(4)28(39-52-35(46)26-14-12-16-54-26)19(2)18-37(7,47)32(22(5)29(41)23(6)34(45)50-27)51-36-30(42)24(17-20(3)49-36)40(9)33(44)25-13-11-15-53-25/h11-16,19-24,27,29-32,36,41-43,47-48H,10,17-18H2,1-9H3/t19-,20+,21+,22-,23+,24-,27+,29-,30-,31-,32+,36-,37+,38?/m0/s1. The summed E-state index contributed by atoms with van der Waals surface area (Å²) in [6.07, 6.45) is -8.61. The van der Waals surface area contributed by atoms with Gasteiger partial charge in [0.1, 0.15) is 22.7 Å². The van der Waals surface area contributed by atoms with E-state index in [2.05, 4.69) is 5.16 Å². The minimum atomic E-state index is -2.02. The van der Waals surface area contributed by atoms with Gasteiger partial charge in [0.05, 0.1) is 52.6 Å². The molecule has 2 aromatic rings. The number of hydrogen-bond donors (Lipinski definition) is 5. The molecular formula is C38H56N2O12S2. The molecular weight excluding hydrogens is 741 g/mol. The van der Waals surface area contributed by atoms with Crippen LogP contribution in [0.25, 0.3) is 0 Å². The first-order valence-electron chi connectivity index (χ1n) is 18.4. The maximum atomic E-state index is 13.6. The van der Waals surface area contributed by atoms with Gasteiger partial charge in [-0.05, 0) is 69.9 Å². The molecule has 2 aliphatic rings. The van der Waals surface area contributed by atoms with Crippen molar-refractivity contribution >= 4 is 46.2 Å². The third-order valence-corrected chi connectivity index (χ3v) is 12.7. The van der Waals surface area contributed by atoms with Crippen LogP contribution in [-0.2, 0) is 23.8 Å². The van der Waals surface area contributed by atoms with Gasteiger partial charge in [-0.25, -0.2) is 4.79 Å². The number of hydrogen-bond acceptors (Lipinski definition) is 15. The molecule has 0 spiro atoms. The maximum absolute atomic E-state index is 13.6. The first kappa shape index (κ1) is 43.9. The van der Waals surface area contributed by atoms with Crippen LogP contribution in [0.3, 0.4) is 0 Å². The van der Waals surface area contributed by atoms with Gasteiger partial charge in [-0.3, -0.25) is 9.59 Å². The Morgan fingerprint density at radius 2 is 1.59 bits per heavy atom. The van der Waals surface area contributed by atoms with Crippen molar-refractivity contribution in [3.63, 3.8) is 0 Å². The number of amides is 1. The quantitative estimate of drug-likeness (QED) is 0.154. The summed E-state index contributed by atoms with van der Waals surface area (Å²) in [6.45, 7) is 12.6. The summed E-state index contributed by atoms with van der Waals surface area (Å²) in [4.78, 5) is 47.3. The van der Waals surface area contributed by atoms with E-state index in [1.165, 1.54) is 37.0 Å². The van der Waals surface area contributed by atoms with Crippen LogP contribution in [0.5, 0.6) is 0 Å². The fourth-order valence-corrected chi connectivity index (χ4v) is 9.02. The smallest absolute Gasteiger partial charge is 0.375 e. The lowest BCUT2D eigenvalue weighted by Gasteiger charge is -2.47. The van der Waals surface area contributed by atoms with Crippen LogP contribution in [-0.4, -0.2) is 121 Å². The van der Waals surface area contributed by atoms with Gasteiger partial charge in [-0.2, -0.15) is 0 Å². The van der Waals surface area contributed by atoms with Crippen molar-refractivity contribution in [2.45, 2.75) is 135 Å². The first-order chi connectivity index (χ1) is 25.2. The van der Waals surface area contributed by atoms with E-state index in [9.17, 15) is 39.9 Å². The number of aliphatic hydroxyl groups is 5. The average molecular weight is 797 g/mol. The minimum absolute atomic E-state index is 0.108. The molecule has 2 aromatic heterocycles. The Morgan fingerprint density at radius 3 is 2.17 bits per heavy atom. The summed E-state index contributed by atoms with van der Waals surface area (Å²) in [6, 6.07) is 5.97. The van der Waals surface area contributed by atoms with Crippen LogP contribution in [0.1, 0.15) is 94.0 Å². The van der Waals surface area contributed by atoms with Gasteiger partial charge in [-0.1, -0.05) is 45.0 Å². The summed E-state index contributed by atoms with van der Waals surface area (Å²) < 4.78 is 18.3. The van der Waals surface area contributed by atoms with Crippen molar-refractivity contribution in [3.8, 4) is 0 Å². The predicted octanol–water partition coefficient (Wildman–Crippen LogP) is 3.84. The predicted molar refractivity (Wildman–Crippen MR) is 202 cm³/mol. The third kappa shape index (κ3) is 9.59. The molecule has 0 bridgehead atoms. The average Bonchev–Trinajstić information content (AvgIpc) is 3.87. The fourth-order valence-electron chi connectivity index (χ4n) is 7.72. The van der Waals surface area contributed by atoms with E-state index in [-0.39, 0.29) is 29.3 Å². The fraction of sp³-hybridized carbons (Fsp3) is 0.684. The lowest BCUT2D eigenvalue weighted by atomic mass is 9.73. The SMILES string of the molecule is CC[C@H]1OC(=O)[C@H](C)[C@@H](O)[C@H](C)[C@@H](O[C@@H]2O[C@H](C)C[C@H](N(C)C(=O)c3cccs3)[C@@H]2O)[C@](C)(O)C[C@H](C)C(=NOC(=O)c2cccs2)[C@@H](C)[C@H](O)C1(C)O. The number of rotatable bonds is 7. The van der Waals surface area contributed by atoms with E-state index in [4.69, 9.17) is 19.0 Å². The molecule has 2 saturated heterocycles. The van der Waals surface area contributed by atoms with Crippen molar-refractivity contribution in [2.75, 3.05) is 7.05 Å². The molecule has 0 aromatic carbocycles. The highest BCUT2D eigenvalue weighted by atomic mass is 32.1. The van der Waals surface area contributed by atoms with E-state index < -0.39 is 95.8 Å². The van der Waals surface area contributed by atoms with Gasteiger partial charge >= 0.3 is 11.9 Å². The summed E-state index contributed by atoms with van der Waals surface area (Å²) in [5, 5.41) is 66.7. The van der Waals surface area contributed by atoms with Gasteiger partial charge in [0, 0.05) is 24.8 Å². The Labute approximate surface area is 324 Å². The van der Waals surface area contributed by atoms with E-state index in [0.717, 1.165) is 11.3 Å². The molecule has 2 aliphatic heterocycles. The molecule has 54 heavy (non-hydrogen) atoms. The third-order valence-electron chi connectivity index (χ3n) is 11.0. The van der Waals surface area contributed by atoms with E-state index in [0.29, 0.717) is 11.3 Å². The zero-order chi connectivity index (χ0) is 40.3. The van der Waals surface area contributed by atoms with Gasteiger partial charge in [-0.15, -0.1) is 22.7 Å². The van der Waals surface area contributed by atoms with Crippen molar-refractivity contribution < 1.29 is 59.0 Å². The van der Waals surface area contributed by atoms with Crippen LogP contribution in [0.15, 0.2) is 40.2 Å². The first-order valence-corrected chi connectivity index (χ1v) is 20.1. The highest BCUT2D eigenvalue weighted by Crippen LogP contribution is 2.38. The molecule has 5 N–H and O–H groups in total. The van der Waals surface area contributed by atoms with Gasteiger partial charge in [0.25, 0.3) is 5.91 Å². The van der Waals surface area contributed by atoms with Crippen molar-refractivity contribution in [1.82, 2.24) is 4.90 Å². The Kier molecular flexibility index (Phi) is 14.6. The molecule has 4 heterocycles. The molecule has 4 rings (SSSR count). The lowest BCUT2D eigenvalue weighted by molar-refractivity contribution is -0.298. The summed E-state index contributed by atoms with van der Waals surface area (Å²) in [5.74, 6) is -5.84. The van der Waals surface area contributed by atoms with E-state index >= 15 is 0 Å². The number of likely N-dealkylation sites (N-methyl/N-ethyl adjacent to an activating group) is 1. The molecule has 302 valence electrons. The second-order valence-electron chi connectivity index (χ2n) is 15.3. The number of esters is 1. The van der Waals surface area contributed by atoms with Gasteiger partial charge in [0.2, 0.25) is 0 Å². The Balaban J connectivity index is 1.75. The van der Waals surface area contributed by atoms with Crippen LogP contribution < -0.4 is 0 Å². The molecule has 0 radical (unpaired) electrons. The Bertz CT molecular complexity index is 1580. The van der Waals surface area contributed by atoms with Crippen molar-refractivity contribution in [2.24, 2.45) is 28.8 Å². The Morgan fingerprint density at radius 1 is 0.981 bits per heavy atom. The zero-order valence-corrected chi connectivity index (χ0v) is 34.0. The topological polar surface area (TPSA) is 205 Å². The molecule has 1 unspecified atom stereocenters. The highest BCUT2D eigenvalue weighted by Gasteiger charge is 2.51. The molecule has 0 saturated carbocycles. The number of carbonyl (C=O) groups excluding carboxylic acids is 3. The summed E-state index contributed by atoms with van der Waals surface area (Å²) in [5.41, 5.74) is -3.78. The molecule has 14 atom stereocenters. The number of ether oxygens (including phenoxy) is 3. The number of oxime groups is 1. The molecule has 2 fully saturated rings. The lowest BCUT2D eigenvalue weighted by Crippen LogP contribution is -2.60. The molecule has 14 nitrogen and oxygen atoms in total. The number of nitrogens with zero attached hydrogens (tertiary/aromatic N) is 2. The monoisotopic (exact) mass is 796 g/mol.